The summed E-state index contributed by atoms with van der Waals surface area (Å²) in [5, 5.41) is 9.27. The molecule has 0 aromatic heterocycles. The number of likely N-dealkylation sites (tertiary alicyclic amines) is 1. The van der Waals surface area contributed by atoms with Crippen molar-refractivity contribution in [3.8, 4) is 0 Å². The Morgan fingerprint density at radius 1 is 1.13 bits per heavy atom. The molecule has 2 aliphatic rings. The SMILES string of the molecule is CC1CCC(CN2CCCC2CO)CC1. The van der Waals surface area contributed by atoms with Crippen LogP contribution in [0.3, 0.4) is 0 Å². The van der Waals surface area contributed by atoms with E-state index in [0.717, 1.165) is 11.8 Å². The molecule has 0 bridgehead atoms. The van der Waals surface area contributed by atoms with E-state index in [-0.39, 0.29) is 0 Å². The molecule has 1 saturated heterocycles. The predicted molar refractivity (Wildman–Crippen MR) is 62.8 cm³/mol. The van der Waals surface area contributed by atoms with Crippen LogP contribution in [0.5, 0.6) is 0 Å². The zero-order valence-electron chi connectivity index (χ0n) is 9.99. The van der Waals surface area contributed by atoms with Crippen LogP contribution < -0.4 is 0 Å². The highest BCUT2D eigenvalue weighted by Crippen LogP contribution is 2.30. The van der Waals surface area contributed by atoms with Crippen molar-refractivity contribution >= 4 is 0 Å². The molecular weight excluding hydrogens is 186 g/mol. The van der Waals surface area contributed by atoms with Gasteiger partial charge in [0.15, 0.2) is 0 Å². The number of hydrogen-bond donors (Lipinski definition) is 1. The van der Waals surface area contributed by atoms with Gasteiger partial charge in [-0.25, -0.2) is 0 Å². The topological polar surface area (TPSA) is 23.5 Å². The van der Waals surface area contributed by atoms with E-state index in [1.54, 1.807) is 0 Å². The van der Waals surface area contributed by atoms with E-state index in [9.17, 15) is 5.11 Å². The summed E-state index contributed by atoms with van der Waals surface area (Å²) in [4.78, 5) is 2.53. The molecule has 0 spiro atoms. The lowest BCUT2D eigenvalue weighted by atomic mass is 9.83. The predicted octanol–water partition coefficient (Wildman–Crippen LogP) is 2.27. The molecule has 1 N–H and O–H groups in total. The molecule has 1 heterocycles. The minimum atomic E-state index is 0.364. The largest absolute Gasteiger partial charge is 0.395 e. The molecule has 88 valence electrons. The number of nitrogens with zero attached hydrogens (tertiary/aromatic N) is 1. The maximum absolute atomic E-state index is 9.27. The van der Waals surface area contributed by atoms with Gasteiger partial charge in [0.1, 0.15) is 0 Å². The number of aliphatic hydroxyl groups excluding tert-OH is 1. The minimum Gasteiger partial charge on any atom is -0.395 e. The van der Waals surface area contributed by atoms with E-state index >= 15 is 0 Å². The molecule has 1 saturated carbocycles. The Balaban J connectivity index is 1.76. The van der Waals surface area contributed by atoms with E-state index < -0.39 is 0 Å². The first-order valence-electron chi connectivity index (χ1n) is 6.64. The Hall–Kier alpha value is -0.0800. The first-order valence-corrected chi connectivity index (χ1v) is 6.64. The van der Waals surface area contributed by atoms with Crippen molar-refractivity contribution in [2.75, 3.05) is 19.7 Å². The summed E-state index contributed by atoms with van der Waals surface area (Å²) >= 11 is 0. The molecular formula is C13H25NO. The normalized spacial score (nSPS) is 38.4. The van der Waals surface area contributed by atoms with Crippen molar-refractivity contribution in [2.24, 2.45) is 11.8 Å². The van der Waals surface area contributed by atoms with Crippen molar-refractivity contribution in [1.82, 2.24) is 4.90 Å². The number of aliphatic hydroxyl groups is 1. The standard InChI is InChI=1S/C13H25NO/c1-11-4-6-12(7-5-11)9-14-8-2-3-13(14)10-15/h11-13,15H,2-10H2,1H3. The first-order chi connectivity index (χ1) is 7.29. The van der Waals surface area contributed by atoms with Crippen LogP contribution in [-0.2, 0) is 0 Å². The molecule has 1 aliphatic heterocycles. The maximum atomic E-state index is 9.27. The summed E-state index contributed by atoms with van der Waals surface area (Å²) in [6, 6.07) is 0.476. The number of rotatable bonds is 3. The van der Waals surface area contributed by atoms with Gasteiger partial charge in [-0.15, -0.1) is 0 Å². The monoisotopic (exact) mass is 211 g/mol. The van der Waals surface area contributed by atoms with Gasteiger partial charge < -0.3 is 5.11 Å². The lowest BCUT2D eigenvalue weighted by Crippen LogP contribution is -2.37. The van der Waals surface area contributed by atoms with Crippen molar-refractivity contribution < 1.29 is 5.11 Å². The third-order valence-corrected chi connectivity index (χ3v) is 4.34. The van der Waals surface area contributed by atoms with Gasteiger partial charge in [0.2, 0.25) is 0 Å². The van der Waals surface area contributed by atoms with E-state index in [2.05, 4.69) is 11.8 Å². The minimum absolute atomic E-state index is 0.364. The molecule has 0 aromatic carbocycles. The fraction of sp³-hybridized carbons (Fsp3) is 1.00. The second-order valence-electron chi connectivity index (χ2n) is 5.60. The van der Waals surface area contributed by atoms with E-state index in [1.165, 1.54) is 51.6 Å². The Bertz CT molecular complexity index is 187. The van der Waals surface area contributed by atoms with Crippen LogP contribution in [-0.4, -0.2) is 35.7 Å². The summed E-state index contributed by atoms with van der Waals surface area (Å²) in [7, 11) is 0. The molecule has 2 fully saturated rings. The van der Waals surface area contributed by atoms with Gasteiger partial charge in [0.25, 0.3) is 0 Å². The second kappa shape index (κ2) is 5.31. The molecule has 2 nitrogen and oxygen atoms in total. The molecule has 1 unspecified atom stereocenters. The third kappa shape index (κ3) is 2.94. The van der Waals surface area contributed by atoms with Crippen molar-refractivity contribution in [1.29, 1.82) is 0 Å². The average Bonchev–Trinajstić information content (AvgIpc) is 2.69. The maximum Gasteiger partial charge on any atom is 0.0586 e. The number of hydrogen-bond acceptors (Lipinski definition) is 2. The average molecular weight is 211 g/mol. The highest BCUT2D eigenvalue weighted by atomic mass is 16.3. The summed E-state index contributed by atoms with van der Waals surface area (Å²) in [5.74, 6) is 1.86. The van der Waals surface area contributed by atoms with Gasteiger partial charge in [0, 0.05) is 12.6 Å². The molecule has 2 rings (SSSR count). The van der Waals surface area contributed by atoms with Gasteiger partial charge in [-0.3, -0.25) is 4.90 Å². The van der Waals surface area contributed by atoms with Crippen LogP contribution in [0, 0.1) is 11.8 Å². The fourth-order valence-corrected chi connectivity index (χ4v) is 3.19. The van der Waals surface area contributed by atoms with Gasteiger partial charge >= 0.3 is 0 Å². The van der Waals surface area contributed by atoms with Gasteiger partial charge in [-0.1, -0.05) is 19.8 Å². The molecule has 0 radical (unpaired) electrons. The van der Waals surface area contributed by atoms with Gasteiger partial charge in [-0.05, 0) is 44.1 Å². The van der Waals surface area contributed by atoms with Crippen molar-refractivity contribution in [3.05, 3.63) is 0 Å². The van der Waals surface area contributed by atoms with Crippen molar-refractivity contribution in [2.45, 2.75) is 51.5 Å². The Morgan fingerprint density at radius 3 is 2.53 bits per heavy atom. The summed E-state index contributed by atoms with van der Waals surface area (Å²) in [6.07, 6.45) is 8.16. The highest BCUT2D eigenvalue weighted by molar-refractivity contribution is 4.82. The van der Waals surface area contributed by atoms with Gasteiger partial charge in [0.05, 0.1) is 6.61 Å². The first kappa shape index (κ1) is 11.4. The molecule has 0 aromatic rings. The third-order valence-electron chi connectivity index (χ3n) is 4.34. The molecule has 1 atom stereocenters. The van der Waals surface area contributed by atoms with E-state index in [4.69, 9.17) is 0 Å². The van der Waals surface area contributed by atoms with Gasteiger partial charge in [-0.2, -0.15) is 0 Å². The van der Waals surface area contributed by atoms with Crippen LogP contribution in [0.4, 0.5) is 0 Å². The zero-order valence-corrected chi connectivity index (χ0v) is 9.99. The van der Waals surface area contributed by atoms with E-state index in [1.807, 2.05) is 0 Å². The smallest absolute Gasteiger partial charge is 0.0586 e. The Morgan fingerprint density at radius 2 is 1.87 bits per heavy atom. The summed E-state index contributed by atoms with van der Waals surface area (Å²) in [5.41, 5.74) is 0. The van der Waals surface area contributed by atoms with Crippen molar-refractivity contribution in [3.63, 3.8) is 0 Å². The lowest BCUT2D eigenvalue weighted by Gasteiger charge is -2.32. The Kier molecular flexibility index (Phi) is 4.04. The fourth-order valence-electron chi connectivity index (χ4n) is 3.19. The highest BCUT2D eigenvalue weighted by Gasteiger charge is 2.27. The second-order valence-corrected chi connectivity index (χ2v) is 5.60. The summed E-state index contributed by atoms with van der Waals surface area (Å²) in [6.45, 7) is 5.21. The van der Waals surface area contributed by atoms with Crippen LogP contribution in [0.1, 0.15) is 45.4 Å². The molecule has 15 heavy (non-hydrogen) atoms. The molecule has 0 amide bonds. The molecule has 2 heteroatoms. The van der Waals surface area contributed by atoms with Crippen LogP contribution in [0.25, 0.3) is 0 Å². The van der Waals surface area contributed by atoms with E-state index in [0.29, 0.717) is 12.6 Å². The Labute approximate surface area is 93.7 Å². The quantitative estimate of drug-likeness (QED) is 0.774. The van der Waals surface area contributed by atoms with Crippen LogP contribution in [0.15, 0.2) is 0 Å². The lowest BCUT2D eigenvalue weighted by molar-refractivity contribution is 0.126. The molecule has 1 aliphatic carbocycles. The van der Waals surface area contributed by atoms with Crippen LogP contribution >= 0.6 is 0 Å². The summed E-state index contributed by atoms with van der Waals surface area (Å²) < 4.78 is 0. The van der Waals surface area contributed by atoms with Crippen LogP contribution in [0.2, 0.25) is 0 Å². The zero-order chi connectivity index (χ0) is 10.7.